The summed E-state index contributed by atoms with van der Waals surface area (Å²) in [6.07, 6.45) is 3.17. The second kappa shape index (κ2) is 3.79. The highest BCUT2D eigenvalue weighted by atomic mass is 16.5. The van der Waals surface area contributed by atoms with E-state index in [9.17, 15) is 4.79 Å². The van der Waals surface area contributed by atoms with Crippen LogP contribution in [-0.2, 0) is 0 Å². The molecule has 0 bridgehead atoms. The van der Waals surface area contributed by atoms with Crippen LogP contribution in [0.1, 0.15) is 23.3 Å². The first kappa shape index (κ1) is 9.21. The number of hydrogen-bond donors (Lipinski definition) is 1. The van der Waals surface area contributed by atoms with Crippen molar-refractivity contribution in [2.75, 3.05) is 13.2 Å². The molecule has 1 amide bonds. The van der Waals surface area contributed by atoms with E-state index < -0.39 is 0 Å². The van der Waals surface area contributed by atoms with Crippen LogP contribution in [0.2, 0.25) is 0 Å². The highest BCUT2D eigenvalue weighted by molar-refractivity contribution is 5.92. The van der Waals surface area contributed by atoms with Gasteiger partial charge in [-0.05, 0) is 12.8 Å². The molecule has 1 unspecified atom stereocenters. The maximum Gasteiger partial charge on any atom is 0.276 e. The van der Waals surface area contributed by atoms with Gasteiger partial charge < -0.3 is 14.5 Å². The largest absolute Gasteiger partial charge is 0.394 e. The third-order valence-electron chi connectivity index (χ3n) is 2.51. The molecule has 1 fully saturated rings. The summed E-state index contributed by atoms with van der Waals surface area (Å²) >= 11 is 0. The molecule has 0 radical (unpaired) electrons. The topological polar surface area (TPSA) is 66.6 Å². The molecule has 0 aromatic carbocycles. The molecule has 76 valence electrons. The molecule has 0 spiro atoms. The molecule has 5 nitrogen and oxygen atoms in total. The molecule has 2 heterocycles. The van der Waals surface area contributed by atoms with Gasteiger partial charge >= 0.3 is 0 Å². The van der Waals surface area contributed by atoms with Gasteiger partial charge in [-0.25, -0.2) is 0 Å². The molecule has 0 aliphatic carbocycles. The molecule has 5 heteroatoms. The van der Waals surface area contributed by atoms with E-state index in [4.69, 9.17) is 5.11 Å². The van der Waals surface area contributed by atoms with Gasteiger partial charge in [0.15, 0.2) is 5.69 Å². The van der Waals surface area contributed by atoms with Gasteiger partial charge in [-0.1, -0.05) is 5.16 Å². The van der Waals surface area contributed by atoms with Crippen molar-refractivity contribution in [3.05, 3.63) is 18.0 Å². The zero-order valence-electron chi connectivity index (χ0n) is 7.72. The number of amides is 1. The predicted octanol–water partition coefficient (Wildman–Crippen LogP) is 0.272. The van der Waals surface area contributed by atoms with E-state index in [1.165, 1.54) is 12.3 Å². The summed E-state index contributed by atoms with van der Waals surface area (Å²) < 4.78 is 4.60. The second-order valence-electron chi connectivity index (χ2n) is 3.36. The Kier molecular flexibility index (Phi) is 2.49. The number of aliphatic hydroxyl groups excluding tert-OH is 1. The summed E-state index contributed by atoms with van der Waals surface area (Å²) in [6.45, 7) is 0.709. The first-order valence-corrected chi connectivity index (χ1v) is 4.65. The first-order chi connectivity index (χ1) is 6.83. The molecule has 1 saturated heterocycles. The number of carbonyl (C=O) groups is 1. The maximum atomic E-state index is 11.8. The lowest BCUT2D eigenvalue weighted by molar-refractivity contribution is 0.0667. The Hall–Kier alpha value is -1.36. The summed E-state index contributed by atoms with van der Waals surface area (Å²) in [5, 5.41) is 12.6. The fourth-order valence-corrected chi connectivity index (χ4v) is 1.76. The van der Waals surface area contributed by atoms with Crippen molar-refractivity contribution < 1.29 is 14.4 Å². The Labute approximate surface area is 81.3 Å². The molecule has 1 aromatic heterocycles. The van der Waals surface area contributed by atoms with Crippen LogP contribution < -0.4 is 0 Å². The van der Waals surface area contributed by atoms with Crippen LogP contribution in [0.15, 0.2) is 16.9 Å². The minimum absolute atomic E-state index is 0.0175. The lowest BCUT2D eigenvalue weighted by Gasteiger charge is -2.21. The molecule has 2 rings (SSSR count). The summed E-state index contributed by atoms with van der Waals surface area (Å²) in [4.78, 5) is 13.4. The predicted molar refractivity (Wildman–Crippen MR) is 47.6 cm³/mol. The van der Waals surface area contributed by atoms with E-state index in [2.05, 4.69) is 9.68 Å². The van der Waals surface area contributed by atoms with Gasteiger partial charge in [0.1, 0.15) is 6.26 Å². The van der Waals surface area contributed by atoms with Gasteiger partial charge in [-0.2, -0.15) is 0 Å². The fourth-order valence-electron chi connectivity index (χ4n) is 1.76. The quantitative estimate of drug-likeness (QED) is 0.737. The average molecular weight is 196 g/mol. The second-order valence-corrected chi connectivity index (χ2v) is 3.36. The average Bonchev–Trinajstić information content (AvgIpc) is 2.87. The van der Waals surface area contributed by atoms with Crippen molar-refractivity contribution in [3.8, 4) is 0 Å². The summed E-state index contributed by atoms with van der Waals surface area (Å²) in [5.74, 6) is -0.157. The van der Waals surface area contributed by atoms with Gasteiger partial charge in [0.25, 0.3) is 5.91 Å². The Bertz CT molecular complexity index is 310. The van der Waals surface area contributed by atoms with Gasteiger partial charge in [0.05, 0.1) is 12.6 Å². The van der Waals surface area contributed by atoms with Crippen molar-refractivity contribution in [2.24, 2.45) is 0 Å². The number of aromatic nitrogens is 1. The van der Waals surface area contributed by atoms with E-state index >= 15 is 0 Å². The minimum Gasteiger partial charge on any atom is -0.394 e. The fraction of sp³-hybridized carbons (Fsp3) is 0.556. The van der Waals surface area contributed by atoms with Crippen molar-refractivity contribution in [2.45, 2.75) is 18.9 Å². The zero-order chi connectivity index (χ0) is 9.97. The summed E-state index contributed by atoms with van der Waals surface area (Å²) in [7, 11) is 0. The van der Waals surface area contributed by atoms with Crippen LogP contribution in [0.4, 0.5) is 0 Å². The lowest BCUT2D eigenvalue weighted by Crippen LogP contribution is -2.37. The van der Waals surface area contributed by atoms with Crippen molar-refractivity contribution in [1.82, 2.24) is 10.1 Å². The van der Waals surface area contributed by atoms with Crippen LogP contribution in [0, 0.1) is 0 Å². The van der Waals surface area contributed by atoms with Crippen LogP contribution >= 0.6 is 0 Å². The van der Waals surface area contributed by atoms with E-state index in [1.807, 2.05) is 0 Å². The molecule has 1 N–H and O–H groups in total. The Balaban J connectivity index is 2.11. The molecule has 1 aliphatic rings. The van der Waals surface area contributed by atoms with Crippen molar-refractivity contribution in [3.63, 3.8) is 0 Å². The molecule has 1 atom stereocenters. The highest BCUT2D eigenvalue weighted by Crippen LogP contribution is 2.18. The van der Waals surface area contributed by atoms with Gasteiger partial charge in [-0.15, -0.1) is 0 Å². The standard InChI is InChI=1S/C9H12N2O3/c12-6-7-2-1-4-11(7)9(13)8-3-5-14-10-8/h3,5,7,12H,1-2,4,6H2. The van der Waals surface area contributed by atoms with E-state index in [0.29, 0.717) is 12.2 Å². The zero-order valence-corrected chi connectivity index (χ0v) is 7.72. The Morgan fingerprint density at radius 1 is 1.79 bits per heavy atom. The third kappa shape index (κ3) is 1.50. The number of likely N-dealkylation sites (tertiary alicyclic amines) is 1. The number of rotatable bonds is 2. The monoisotopic (exact) mass is 196 g/mol. The van der Waals surface area contributed by atoms with Crippen molar-refractivity contribution in [1.29, 1.82) is 0 Å². The normalized spacial score (nSPS) is 21.5. The summed E-state index contributed by atoms with van der Waals surface area (Å²) in [5.41, 5.74) is 0.311. The SMILES string of the molecule is O=C(c1ccon1)N1CCCC1CO. The molecule has 14 heavy (non-hydrogen) atoms. The van der Waals surface area contributed by atoms with Crippen LogP contribution in [-0.4, -0.2) is 40.3 Å². The smallest absolute Gasteiger partial charge is 0.276 e. The summed E-state index contributed by atoms with van der Waals surface area (Å²) in [6, 6.07) is 1.48. The van der Waals surface area contributed by atoms with Gasteiger partial charge in [0.2, 0.25) is 0 Å². The molecule has 0 saturated carbocycles. The lowest BCUT2D eigenvalue weighted by atomic mass is 10.2. The maximum absolute atomic E-state index is 11.8. The minimum atomic E-state index is -0.157. The van der Waals surface area contributed by atoms with Crippen LogP contribution in [0.5, 0.6) is 0 Å². The molecule has 1 aliphatic heterocycles. The van der Waals surface area contributed by atoms with E-state index in [1.54, 1.807) is 4.90 Å². The van der Waals surface area contributed by atoms with Crippen molar-refractivity contribution >= 4 is 5.91 Å². The number of aliphatic hydroxyl groups is 1. The van der Waals surface area contributed by atoms with E-state index in [0.717, 1.165) is 12.8 Å². The number of carbonyl (C=O) groups excluding carboxylic acids is 1. The Morgan fingerprint density at radius 2 is 2.64 bits per heavy atom. The Morgan fingerprint density at radius 3 is 3.29 bits per heavy atom. The van der Waals surface area contributed by atoms with Gasteiger partial charge in [0, 0.05) is 12.6 Å². The highest BCUT2D eigenvalue weighted by Gasteiger charge is 2.29. The first-order valence-electron chi connectivity index (χ1n) is 4.65. The van der Waals surface area contributed by atoms with Gasteiger partial charge in [-0.3, -0.25) is 4.79 Å². The van der Waals surface area contributed by atoms with Crippen LogP contribution in [0.25, 0.3) is 0 Å². The molecule has 1 aromatic rings. The van der Waals surface area contributed by atoms with E-state index in [-0.39, 0.29) is 18.6 Å². The molecular formula is C9H12N2O3. The third-order valence-corrected chi connectivity index (χ3v) is 2.51. The number of nitrogens with zero attached hydrogens (tertiary/aromatic N) is 2. The van der Waals surface area contributed by atoms with Crippen LogP contribution in [0.3, 0.4) is 0 Å². The molecular weight excluding hydrogens is 184 g/mol. The number of hydrogen-bond acceptors (Lipinski definition) is 4.